The first-order valence-corrected chi connectivity index (χ1v) is 33.9. The number of hydrogen-bond acceptors (Lipinski definition) is 4. The van der Waals surface area contributed by atoms with Gasteiger partial charge in [0.05, 0.1) is 0 Å². The Morgan fingerprint density at radius 3 is 1.03 bits per heavy atom. The molecule has 502 valence electrons. The number of unbranched alkanes of at least 4 members (excludes halogenated alkanes) is 2. The van der Waals surface area contributed by atoms with E-state index in [2.05, 4.69) is 26.2 Å². The second-order valence-electron chi connectivity index (χ2n) is 27.0. The van der Waals surface area contributed by atoms with E-state index in [0.29, 0.717) is 49.9 Å². The van der Waals surface area contributed by atoms with Crippen LogP contribution in [0.4, 0.5) is 35.1 Å². The van der Waals surface area contributed by atoms with Crippen molar-refractivity contribution in [2.75, 3.05) is 0 Å². The topological polar surface area (TPSA) is 95.2 Å². The van der Waals surface area contributed by atoms with Gasteiger partial charge in [-0.2, -0.15) is 21.0 Å². The molecule has 0 bridgehead atoms. The first-order valence-electron chi connectivity index (χ1n) is 41.9. The van der Waals surface area contributed by atoms with Crippen molar-refractivity contribution in [1.29, 1.82) is 21.0 Å². The molecule has 0 aromatic heterocycles. The molecule has 4 nitrogen and oxygen atoms in total. The van der Waals surface area contributed by atoms with Gasteiger partial charge in [-0.15, -0.1) is 13.2 Å². The van der Waals surface area contributed by atoms with Crippen molar-refractivity contribution >= 4 is 0 Å². The molecular weight excluding hydrogens is 1190 g/mol. The van der Waals surface area contributed by atoms with E-state index in [4.69, 9.17) is 43.0 Å². The van der Waals surface area contributed by atoms with Crippen molar-refractivity contribution < 1.29 is 57.1 Å². The molecule has 0 N–H and O–H groups in total. The van der Waals surface area contributed by atoms with Gasteiger partial charge in [-0.1, -0.05) is 69.8 Å². The SMILES string of the molecule is [2H]C1([2H])CC2CC(/C=C/C)CCC2C([2H])([2H])C1c1cc(F)c(C#N)c(F)c1.[2H]C1([2H])CC2CC(C=C)CCC2C([2H])([2H])C1c1cc(F)c(C#N)c(F)c1.[2H]C1([2H])CC2CC(CCC=C)CCC2C([2H])([2H])C1c1cc(F)c(C#N)c(F)c1.[2H]C1([2H])CC2CC(CCCCC)CCC2C([2H])([2H])C1c1cc(F)c(C#N)c(F)c1. The molecule has 8 aliphatic carbocycles. The second-order valence-corrected chi connectivity index (χ2v) is 27.0. The predicted molar refractivity (Wildman–Crippen MR) is 357 cm³/mol. The Labute approximate surface area is 578 Å². The molecule has 8 saturated carbocycles. The molecular formula is C82H98F8N4. The number of rotatable bonds is 13. The zero-order valence-electron chi connectivity index (χ0n) is 69.9. The van der Waals surface area contributed by atoms with Crippen LogP contribution >= 0.6 is 0 Å². The van der Waals surface area contributed by atoms with E-state index in [9.17, 15) is 35.1 Å². The Bertz CT molecular complexity index is 4130. The van der Waals surface area contributed by atoms with Crippen molar-refractivity contribution in [2.24, 2.45) is 71.0 Å². The summed E-state index contributed by atoms with van der Waals surface area (Å²) < 4.78 is 251. The number of allylic oxidation sites excluding steroid dienone is 4. The lowest BCUT2D eigenvalue weighted by Gasteiger charge is -2.42. The number of benzene rings is 4. The third kappa shape index (κ3) is 18.1. The van der Waals surface area contributed by atoms with Crippen LogP contribution in [0.1, 0.15) is 296 Å². The molecule has 0 heterocycles. The minimum atomic E-state index is -1.94. The highest BCUT2D eigenvalue weighted by atomic mass is 19.2. The normalized spacial score (nSPS) is 36.9. The Kier molecular flexibility index (Phi) is 19.3. The van der Waals surface area contributed by atoms with Gasteiger partial charge in [0.1, 0.15) is 93.1 Å². The maximum atomic E-state index is 14.2. The van der Waals surface area contributed by atoms with Gasteiger partial charge < -0.3 is 0 Å². The van der Waals surface area contributed by atoms with Crippen LogP contribution in [0, 0.1) is 163 Å². The molecule has 0 radical (unpaired) electrons. The number of halogens is 8. The van der Waals surface area contributed by atoms with Crippen LogP contribution in [0.15, 0.2) is 86.0 Å². The van der Waals surface area contributed by atoms with Crippen LogP contribution in [0.25, 0.3) is 0 Å². The van der Waals surface area contributed by atoms with Gasteiger partial charge in [0.2, 0.25) is 0 Å². The number of nitriles is 4. The summed E-state index contributed by atoms with van der Waals surface area (Å²) in [6, 6.07) is 13.2. The molecule has 0 amide bonds. The monoisotopic (exact) mass is 1310 g/mol. The van der Waals surface area contributed by atoms with Crippen LogP contribution < -0.4 is 0 Å². The summed E-state index contributed by atoms with van der Waals surface area (Å²) in [5, 5.41) is 35.4. The van der Waals surface area contributed by atoms with Gasteiger partial charge in [0.25, 0.3) is 0 Å². The van der Waals surface area contributed by atoms with Gasteiger partial charge >= 0.3 is 0 Å². The molecule has 16 unspecified atom stereocenters. The smallest absolute Gasteiger partial charge is 0.144 e. The van der Waals surface area contributed by atoms with Crippen LogP contribution in [-0.2, 0) is 0 Å². The first-order chi connectivity index (χ1) is 51.5. The Morgan fingerprint density at radius 1 is 0.415 bits per heavy atom. The van der Waals surface area contributed by atoms with E-state index in [1.807, 2.05) is 25.2 Å². The third-order valence-corrected chi connectivity index (χ3v) is 20.9. The molecule has 94 heavy (non-hydrogen) atoms. The lowest BCUT2D eigenvalue weighted by Crippen LogP contribution is -2.30. The molecule has 12 heteroatoms. The molecule has 8 aliphatic rings. The summed E-state index contributed by atoms with van der Waals surface area (Å²) in [6.07, 6.45) is 8.54. The fourth-order valence-electron chi connectivity index (χ4n) is 15.8. The largest absolute Gasteiger partial charge is 0.205 e. The van der Waals surface area contributed by atoms with Gasteiger partial charge in [-0.3, -0.25) is 0 Å². The van der Waals surface area contributed by atoms with Gasteiger partial charge in [-0.05, 0) is 326 Å². The maximum Gasteiger partial charge on any atom is 0.144 e. The minimum Gasteiger partial charge on any atom is -0.205 e. The molecule has 16 atom stereocenters. The lowest BCUT2D eigenvalue weighted by molar-refractivity contribution is 0.113. The molecule has 0 aliphatic heterocycles. The summed E-state index contributed by atoms with van der Waals surface area (Å²) in [5.74, 6) is -13.9. The highest BCUT2D eigenvalue weighted by molar-refractivity contribution is 5.40. The van der Waals surface area contributed by atoms with Gasteiger partial charge in [-0.25, -0.2) is 35.1 Å². The van der Waals surface area contributed by atoms with E-state index < -0.39 is 143 Å². The molecule has 0 spiro atoms. The fraction of sp³-hybridized carbons (Fsp3) is 0.585. The number of nitrogens with zero attached hydrogens (tertiary/aromatic N) is 4. The number of fused-ring (bicyclic) bond motifs is 4. The molecule has 4 aromatic carbocycles. The van der Waals surface area contributed by atoms with E-state index in [1.165, 1.54) is 30.7 Å². The summed E-state index contributed by atoms with van der Waals surface area (Å²) in [4.78, 5) is 0. The van der Waals surface area contributed by atoms with Crippen molar-refractivity contribution in [2.45, 2.75) is 230 Å². The van der Waals surface area contributed by atoms with Crippen molar-refractivity contribution in [1.82, 2.24) is 0 Å². The molecule has 4 aromatic rings. The third-order valence-electron chi connectivity index (χ3n) is 20.9. The first kappa shape index (κ1) is 52.7. The summed E-state index contributed by atoms with van der Waals surface area (Å²) in [5.41, 5.74) is -3.06. The quantitative estimate of drug-likeness (QED) is 0.0757. The Hall–Kier alpha value is -6.50. The van der Waals surface area contributed by atoms with Crippen LogP contribution in [0.2, 0.25) is 0 Å². The number of hydrogen-bond donors (Lipinski definition) is 0. The second kappa shape index (κ2) is 34.4. The lowest BCUT2D eigenvalue weighted by atomic mass is 9.63. The molecule has 8 fully saturated rings. The van der Waals surface area contributed by atoms with E-state index in [0.717, 1.165) is 126 Å². The Balaban J connectivity index is 0.000000169. The standard InChI is InChI=1S/C22H29F2N.C21H25F2N.C20H23F2N.C19H21F2N/c1-2-3-4-5-15-6-7-17-11-18(9-8-16(17)10-15)19-12-21(23)20(14-25)22(24)13-19;1-2-3-4-14-5-6-16-10-17(8-7-15(16)9-14)18-11-20(22)19(13-24)21(23)12-18;1-2-3-13-4-5-15-9-16(7-6-14(15)8-13)17-10-19(21)18(12-23)20(22)11-17;1-2-12-3-4-14-8-15(6-5-13(14)7-12)16-9-18(20)17(11-22)19(21)10-16/h12-13,15-18H,2-11H2,1H3;2,11-12,14-17H,1,3-10H2;2-3,10-11,13-16H,4-9H2,1H3;2,9-10,12-15H,1,3-8H2/b;;3-2+;/i9D2,11D2;8D2,10D2;7D2,9D2;6D2,8D2. The molecule has 0 saturated heterocycles. The maximum absolute atomic E-state index is 14.2. The van der Waals surface area contributed by atoms with Gasteiger partial charge in [0.15, 0.2) is 0 Å². The van der Waals surface area contributed by atoms with E-state index in [1.54, 1.807) is 0 Å². The van der Waals surface area contributed by atoms with Crippen LogP contribution in [0.3, 0.4) is 0 Å². The summed E-state index contributed by atoms with van der Waals surface area (Å²) >= 11 is 0. The fourth-order valence-corrected chi connectivity index (χ4v) is 15.8. The summed E-state index contributed by atoms with van der Waals surface area (Å²) in [7, 11) is 0. The Morgan fingerprint density at radius 2 is 0.723 bits per heavy atom. The highest BCUT2D eigenvalue weighted by Gasteiger charge is 2.40. The van der Waals surface area contributed by atoms with Crippen LogP contribution in [-0.4, -0.2) is 0 Å². The van der Waals surface area contributed by atoms with Crippen molar-refractivity contribution in [3.63, 3.8) is 0 Å². The highest BCUT2D eigenvalue weighted by Crippen LogP contribution is 2.53. The molecule has 12 rings (SSSR count). The van der Waals surface area contributed by atoms with Crippen LogP contribution in [0.5, 0.6) is 0 Å². The van der Waals surface area contributed by atoms with Gasteiger partial charge in [0, 0.05) is 21.9 Å². The summed E-state index contributed by atoms with van der Waals surface area (Å²) in [6.45, 7) is 11.6. The van der Waals surface area contributed by atoms with E-state index >= 15 is 0 Å². The zero-order chi connectivity index (χ0) is 81.3. The van der Waals surface area contributed by atoms with Crippen molar-refractivity contribution in [3.05, 3.63) is 177 Å². The minimum absolute atomic E-state index is 0.0301. The predicted octanol–water partition coefficient (Wildman–Crippen LogP) is 23.9. The van der Waals surface area contributed by atoms with E-state index in [-0.39, 0.29) is 101 Å². The van der Waals surface area contributed by atoms with Crippen molar-refractivity contribution in [3.8, 4) is 24.3 Å². The zero-order valence-corrected chi connectivity index (χ0v) is 53.9. The average molecular weight is 1310 g/mol. The average Bonchev–Trinajstić information content (AvgIpc) is 0.745.